The van der Waals surface area contributed by atoms with Gasteiger partial charge < -0.3 is 10.0 Å². The molecule has 1 aromatic carbocycles. The predicted molar refractivity (Wildman–Crippen MR) is 75.3 cm³/mol. The molecule has 1 fully saturated rings. The lowest BCUT2D eigenvalue weighted by Crippen LogP contribution is -2.33. The zero-order chi connectivity index (χ0) is 12.3. The van der Waals surface area contributed by atoms with E-state index >= 15 is 0 Å². The van der Waals surface area contributed by atoms with Gasteiger partial charge in [-0.2, -0.15) is 0 Å². The van der Waals surface area contributed by atoms with Gasteiger partial charge in [0.05, 0.1) is 6.61 Å². The maximum Gasteiger partial charge on any atom is 0.0702 e. The molecular formula is C14H20BrNO. The molecule has 0 saturated heterocycles. The lowest BCUT2D eigenvalue weighted by molar-refractivity contribution is 0.281. The molecule has 0 bridgehead atoms. The van der Waals surface area contributed by atoms with Gasteiger partial charge in [-0.15, -0.1) is 0 Å². The largest absolute Gasteiger partial charge is 0.392 e. The molecule has 0 aliphatic heterocycles. The Labute approximate surface area is 112 Å². The average Bonchev–Trinajstić information content (AvgIpc) is 2.28. The molecule has 1 N–H and O–H groups in total. The predicted octanol–water partition coefficient (Wildman–Crippen LogP) is 3.57. The van der Waals surface area contributed by atoms with Crippen molar-refractivity contribution in [2.24, 2.45) is 5.92 Å². The summed E-state index contributed by atoms with van der Waals surface area (Å²) < 4.78 is 1.08. The summed E-state index contributed by atoms with van der Waals surface area (Å²) in [6, 6.07) is 6.11. The Morgan fingerprint density at radius 1 is 1.41 bits per heavy atom. The highest BCUT2D eigenvalue weighted by Gasteiger charge is 2.21. The summed E-state index contributed by atoms with van der Waals surface area (Å²) >= 11 is 3.51. The van der Waals surface area contributed by atoms with E-state index in [0.717, 1.165) is 29.0 Å². The van der Waals surface area contributed by atoms with Crippen LogP contribution < -0.4 is 4.90 Å². The fourth-order valence-electron chi connectivity index (χ4n) is 2.35. The number of halogens is 1. The van der Waals surface area contributed by atoms with Crippen molar-refractivity contribution < 1.29 is 5.11 Å². The number of aliphatic hydroxyl groups is 1. The van der Waals surface area contributed by atoms with Crippen LogP contribution in [0.4, 0.5) is 5.69 Å². The van der Waals surface area contributed by atoms with E-state index in [1.165, 1.54) is 24.9 Å². The normalized spacial score (nSPS) is 15.7. The van der Waals surface area contributed by atoms with Crippen molar-refractivity contribution >= 4 is 21.6 Å². The Bertz CT molecular complexity index is 376. The van der Waals surface area contributed by atoms with Gasteiger partial charge in [-0.1, -0.05) is 28.4 Å². The molecule has 0 heterocycles. The summed E-state index contributed by atoms with van der Waals surface area (Å²) in [6.45, 7) is 4.42. The van der Waals surface area contributed by atoms with Crippen molar-refractivity contribution in [2.75, 3.05) is 18.0 Å². The smallest absolute Gasteiger partial charge is 0.0702 e. The molecule has 2 rings (SSSR count). The summed E-state index contributed by atoms with van der Waals surface area (Å²) in [5, 5.41) is 9.42. The van der Waals surface area contributed by atoms with Gasteiger partial charge in [0.25, 0.3) is 0 Å². The van der Waals surface area contributed by atoms with Crippen LogP contribution in [0.5, 0.6) is 0 Å². The second kappa shape index (κ2) is 5.87. The van der Waals surface area contributed by atoms with Crippen molar-refractivity contribution in [3.05, 3.63) is 28.2 Å². The maximum absolute atomic E-state index is 9.42. The first-order valence-electron chi connectivity index (χ1n) is 6.38. The van der Waals surface area contributed by atoms with Crippen molar-refractivity contribution in [3.8, 4) is 0 Å². The van der Waals surface area contributed by atoms with Gasteiger partial charge in [-0.3, -0.25) is 0 Å². The average molecular weight is 298 g/mol. The van der Waals surface area contributed by atoms with Crippen molar-refractivity contribution in [2.45, 2.75) is 32.8 Å². The third-order valence-corrected chi connectivity index (χ3v) is 4.14. The third kappa shape index (κ3) is 3.02. The molecule has 17 heavy (non-hydrogen) atoms. The summed E-state index contributed by atoms with van der Waals surface area (Å²) in [4.78, 5) is 2.39. The van der Waals surface area contributed by atoms with Crippen LogP contribution >= 0.6 is 15.9 Å². The Morgan fingerprint density at radius 2 is 2.18 bits per heavy atom. The molecule has 1 saturated carbocycles. The molecule has 2 nitrogen and oxygen atoms in total. The number of anilines is 1. The highest BCUT2D eigenvalue weighted by Crippen LogP contribution is 2.31. The number of rotatable bonds is 5. The second-order valence-electron chi connectivity index (χ2n) is 4.77. The number of aliphatic hydroxyl groups excluding tert-OH is 1. The van der Waals surface area contributed by atoms with Crippen LogP contribution in [0.3, 0.4) is 0 Å². The summed E-state index contributed by atoms with van der Waals surface area (Å²) in [6.07, 6.45) is 4.10. The van der Waals surface area contributed by atoms with Crippen LogP contribution in [0.1, 0.15) is 31.7 Å². The molecule has 0 amide bonds. The van der Waals surface area contributed by atoms with Crippen LogP contribution in [-0.2, 0) is 6.61 Å². The van der Waals surface area contributed by atoms with Crippen LogP contribution in [0.2, 0.25) is 0 Å². The van der Waals surface area contributed by atoms with Crippen LogP contribution in [0.15, 0.2) is 22.7 Å². The Kier molecular flexibility index (Phi) is 4.46. The van der Waals surface area contributed by atoms with Gasteiger partial charge in [0, 0.05) is 28.8 Å². The lowest BCUT2D eigenvalue weighted by atomic mass is 9.85. The minimum Gasteiger partial charge on any atom is -0.392 e. The fraction of sp³-hybridized carbons (Fsp3) is 0.571. The van der Waals surface area contributed by atoms with E-state index in [1.807, 2.05) is 12.1 Å². The molecule has 1 aliphatic rings. The third-order valence-electron chi connectivity index (χ3n) is 3.64. The molecule has 0 unspecified atom stereocenters. The number of benzene rings is 1. The van der Waals surface area contributed by atoms with Crippen molar-refractivity contribution in [1.82, 2.24) is 0 Å². The lowest BCUT2D eigenvalue weighted by Gasteiger charge is -2.34. The first-order chi connectivity index (χ1) is 8.24. The Hall–Kier alpha value is -0.540. The molecule has 94 valence electrons. The standard InChI is InChI=1S/C14H20BrNO/c1-2-16(9-11-4-3-5-11)14-8-13(15)7-6-12(14)10-17/h6-8,11,17H,2-5,9-10H2,1H3. The van der Waals surface area contributed by atoms with E-state index in [4.69, 9.17) is 0 Å². The molecule has 0 radical (unpaired) electrons. The van der Waals surface area contributed by atoms with E-state index in [2.05, 4.69) is 33.8 Å². The van der Waals surface area contributed by atoms with E-state index in [0.29, 0.717) is 0 Å². The number of nitrogens with zero attached hydrogens (tertiary/aromatic N) is 1. The molecule has 3 heteroatoms. The second-order valence-corrected chi connectivity index (χ2v) is 5.68. The monoisotopic (exact) mass is 297 g/mol. The van der Waals surface area contributed by atoms with Gasteiger partial charge in [0.1, 0.15) is 0 Å². The molecule has 0 atom stereocenters. The molecular weight excluding hydrogens is 278 g/mol. The molecule has 1 aromatic rings. The summed E-state index contributed by atoms with van der Waals surface area (Å²) in [5.74, 6) is 0.848. The topological polar surface area (TPSA) is 23.5 Å². The van der Waals surface area contributed by atoms with Gasteiger partial charge in [-0.25, -0.2) is 0 Å². The van der Waals surface area contributed by atoms with Crippen molar-refractivity contribution in [3.63, 3.8) is 0 Å². The summed E-state index contributed by atoms with van der Waals surface area (Å²) in [7, 11) is 0. The van der Waals surface area contributed by atoms with Gasteiger partial charge in [0.15, 0.2) is 0 Å². The van der Waals surface area contributed by atoms with E-state index in [-0.39, 0.29) is 6.61 Å². The minimum absolute atomic E-state index is 0.115. The Morgan fingerprint density at radius 3 is 2.71 bits per heavy atom. The fourth-order valence-corrected chi connectivity index (χ4v) is 2.70. The number of hydrogen-bond acceptors (Lipinski definition) is 2. The quantitative estimate of drug-likeness (QED) is 0.898. The van der Waals surface area contributed by atoms with Crippen LogP contribution in [0, 0.1) is 5.92 Å². The minimum atomic E-state index is 0.115. The van der Waals surface area contributed by atoms with Crippen LogP contribution in [-0.4, -0.2) is 18.2 Å². The zero-order valence-corrected chi connectivity index (χ0v) is 11.9. The molecule has 0 aromatic heterocycles. The van der Waals surface area contributed by atoms with Crippen molar-refractivity contribution in [1.29, 1.82) is 0 Å². The van der Waals surface area contributed by atoms with E-state index < -0.39 is 0 Å². The van der Waals surface area contributed by atoms with E-state index in [9.17, 15) is 5.11 Å². The molecule has 0 spiro atoms. The highest BCUT2D eigenvalue weighted by molar-refractivity contribution is 9.10. The van der Waals surface area contributed by atoms with Gasteiger partial charge in [0.2, 0.25) is 0 Å². The number of hydrogen-bond donors (Lipinski definition) is 1. The van der Waals surface area contributed by atoms with E-state index in [1.54, 1.807) is 0 Å². The SMILES string of the molecule is CCN(CC1CCC1)c1cc(Br)ccc1CO. The summed E-state index contributed by atoms with van der Waals surface area (Å²) in [5.41, 5.74) is 2.20. The van der Waals surface area contributed by atoms with Gasteiger partial charge >= 0.3 is 0 Å². The van der Waals surface area contributed by atoms with Crippen LogP contribution in [0.25, 0.3) is 0 Å². The highest BCUT2D eigenvalue weighted by atomic mass is 79.9. The first kappa shape index (κ1) is 12.9. The maximum atomic E-state index is 9.42. The Balaban J connectivity index is 2.18. The zero-order valence-electron chi connectivity index (χ0n) is 10.3. The molecule has 1 aliphatic carbocycles. The van der Waals surface area contributed by atoms with Gasteiger partial charge in [-0.05, 0) is 37.8 Å². The first-order valence-corrected chi connectivity index (χ1v) is 7.18.